The SMILES string of the molecule is COc1ccc(C(C)=O)cc1CC(=O)N1CCC[C@H]1C(=O)O. The number of Topliss-reactive ketones (excluding diaryl/α,β-unsaturated/α-hetero) is 1. The molecule has 0 unspecified atom stereocenters. The molecule has 1 fully saturated rings. The highest BCUT2D eigenvalue weighted by Crippen LogP contribution is 2.24. The summed E-state index contributed by atoms with van der Waals surface area (Å²) in [5, 5.41) is 9.15. The van der Waals surface area contributed by atoms with E-state index >= 15 is 0 Å². The van der Waals surface area contributed by atoms with Crippen molar-refractivity contribution in [2.24, 2.45) is 0 Å². The van der Waals surface area contributed by atoms with Crippen LogP contribution in [-0.2, 0) is 16.0 Å². The van der Waals surface area contributed by atoms with Crippen LogP contribution in [0.15, 0.2) is 18.2 Å². The van der Waals surface area contributed by atoms with Crippen LogP contribution < -0.4 is 4.74 Å². The highest BCUT2D eigenvalue weighted by Gasteiger charge is 2.34. The van der Waals surface area contributed by atoms with Crippen molar-refractivity contribution in [2.75, 3.05) is 13.7 Å². The molecule has 1 aromatic carbocycles. The minimum atomic E-state index is -0.977. The monoisotopic (exact) mass is 305 g/mol. The van der Waals surface area contributed by atoms with Gasteiger partial charge >= 0.3 is 5.97 Å². The molecule has 6 nitrogen and oxygen atoms in total. The Labute approximate surface area is 128 Å². The first-order valence-corrected chi connectivity index (χ1v) is 7.14. The Kier molecular flexibility index (Phi) is 4.80. The van der Waals surface area contributed by atoms with Gasteiger partial charge in [0.1, 0.15) is 11.8 Å². The third-order valence-electron chi connectivity index (χ3n) is 3.89. The number of methoxy groups -OCH3 is 1. The average molecular weight is 305 g/mol. The molecule has 22 heavy (non-hydrogen) atoms. The number of likely N-dealkylation sites (tertiary alicyclic amines) is 1. The minimum Gasteiger partial charge on any atom is -0.496 e. The van der Waals surface area contributed by atoms with E-state index in [1.807, 2.05) is 0 Å². The fourth-order valence-electron chi connectivity index (χ4n) is 2.72. The van der Waals surface area contributed by atoms with Crippen LogP contribution in [0.4, 0.5) is 0 Å². The predicted molar refractivity (Wildman–Crippen MR) is 79.1 cm³/mol. The van der Waals surface area contributed by atoms with Crippen LogP contribution in [0.2, 0.25) is 0 Å². The van der Waals surface area contributed by atoms with Gasteiger partial charge in [-0.1, -0.05) is 0 Å². The van der Waals surface area contributed by atoms with Gasteiger partial charge in [0.25, 0.3) is 0 Å². The second kappa shape index (κ2) is 6.60. The number of aliphatic carboxylic acids is 1. The summed E-state index contributed by atoms with van der Waals surface area (Å²) in [5.74, 6) is -0.815. The van der Waals surface area contributed by atoms with E-state index in [1.165, 1.54) is 18.9 Å². The molecule has 0 saturated carbocycles. The van der Waals surface area contributed by atoms with Gasteiger partial charge in [-0.15, -0.1) is 0 Å². The molecule has 2 rings (SSSR count). The lowest BCUT2D eigenvalue weighted by atomic mass is 10.0. The molecule has 1 aliphatic heterocycles. The molecule has 1 atom stereocenters. The van der Waals surface area contributed by atoms with Crippen LogP contribution in [0.25, 0.3) is 0 Å². The zero-order valence-electron chi connectivity index (χ0n) is 12.7. The van der Waals surface area contributed by atoms with E-state index in [1.54, 1.807) is 18.2 Å². The number of carboxylic acids is 1. The summed E-state index contributed by atoms with van der Waals surface area (Å²) in [6.45, 7) is 1.90. The third-order valence-corrected chi connectivity index (χ3v) is 3.89. The summed E-state index contributed by atoms with van der Waals surface area (Å²) in [6.07, 6.45) is 1.19. The van der Waals surface area contributed by atoms with Gasteiger partial charge < -0.3 is 14.7 Å². The number of benzene rings is 1. The van der Waals surface area contributed by atoms with Gasteiger partial charge in [0.2, 0.25) is 5.91 Å². The van der Waals surface area contributed by atoms with E-state index in [-0.39, 0.29) is 18.1 Å². The van der Waals surface area contributed by atoms with Crippen LogP contribution in [0.3, 0.4) is 0 Å². The lowest BCUT2D eigenvalue weighted by Crippen LogP contribution is -2.41. The molecule has 0 radical (unpaired) electrons. The number of hydrogen-bond donors (Lipinski definition) is 1. The molecular formula is C16H19NO5. The summed E-state index contributed by atoms with van der Waals surface area (Å²) >= 11 is 0. The summed E-state index contributed by atoms with van der Waals surface area (Å²) < 4.78 is 5.22. The molecule has 0 aromatic heterocycles. The van der Waals surface area contributed by atoms with E-state index < -0.39 is 12.0 Å². The van der Waals surface area contributed by atoms with Gasteiger partial charge in [-0.05, 0) is 38.0 Å². The fourth-order valence-corrected chi connectivity index (χ4v) is 2.72. The van der Waals surface area contributed by atoms with Crippen molar-refractivity contribution in [3.8, 4) is 5.75 Å². The Morgan fingerprint density at radius 3 is 2.68 bits per heavy atom. The predicted octanol–water partition coefficient (Wildman–Crippen LogP) is 1.52. The Morgan fingerprint density at radius 1 is 1.36 bits per heavy atom. The lowest BCUT2D eigenvalue weighted by Gasteiger charge is -2.22. The first kappa shape index (κ1) is 16.0. The maximum atomic E-state index is 12.4. The summed E-state index contributed by atoms with van der Waals surface area (Å²) in [6, 6.07) is 4.17. The van der Waals surface area contributed by atoms with Crippen molar-refractivity contribution >= 4 is 17.7 Å². The summed E-state index contributed by atoms with van der Waals surface area (Å²) in [7, 11) is 1.49. The van der Waals surface area contributed by atoms with Gasteiger partial charge in [-0.3, -0.25) is 9.59 Å². The highest BCUT2D eigenvalue weighted by molar-refractivity contribution is 5.95. The van der Waals surface area contributed by atoms with Gasteiger partial charge in [0.15, 0.2) is 5.78 Å². The molecule has 0 aliphatic carbocycles. The topological polar surface area (TPSA) is 83.9 Å². The Bertz CT molecular complexity index is 611. The fraction of sp³-hybridized carbons (Fsp3) is 0.438. The number of amides is 1. The molecule has 1 aliphatic rings. The van der Waals surface area contributed by atoms with Crippen molar-refractivity contribution in [3.63, 3.8) is 0 Å². The van der Waals surface area contributed by atoms with E-state index in [0.717, 1.165) is 0 Å². The number of rotatable bonds is 5. The van der Waals surface area contributed by atoms with Crippen molar-refractivity contribution in [3.05, 3.63) is 29.3 Å². The molecule has 0 bridgehead atoms. The van der Waals surface area contributed by atoms with Crippen LogP contribution >= 0.6 is 0 Å². The zero-order valence-corrected chi connectivity index (χ0v) is 12.7. The van der Waals surface area contributed by atoms with Crippen molar-refractivity contribution in [1.29, 1.82) is 0 Å². The van der Waals surface area contributed by atoms with Gasteiger partial charge in [0.05, 0.1) is 13.5 Å². The second-order valence-corrected chi connectivity index (χ2v) is 5.34. The number of ketones is 1. The van der Waals surface area contributed by atoms with Gasteiger partial charge in [0, 0.05) is 17.7 Å². The van der Waals surface area contributed by atoms with E-state index in [0.29, 0.717) is 36.3 Å². The number of ether oxygens (including phenoxy) is 1. The highest BCUT2D eigenvalue weighted by atomic mass is 16.5. The van der Waals surface area contributed by atoms with E-state index in [4.69, 9.17) is 9.84 Å². The van der Waals surface area contributed by atoms with Gasteiger partial charge in [-0.25, -0.2) is 4.79 Å². The number of carboxylic acid groups (broad SMARTS) is 1. The standard InChI is InChI=1S/C16H19NO5/c1-10(18)11-5-6-14(22-2)12(8-11)9-15(19)17-7-3-4-13(17)16(20)21/h5-6,8,13H,3-4,7,9H2,1-2H3,(H,20,21)/t13-/m0/s1. The molecule has 1 aromatic rings. The Balaban J connectivity index is 2.22. The maximum Gasteiger partial charge on any atom is 0.326 e. The first-order valence-electron chi connectivity index (χ1n) is 7.14. The normalized spacial score (nSPS) is 17.4. The Hall–Kier alpha value is -2.37. The van der Waals surface area contributed by atoms with Crippen LogP contribution in [0.1, 0.15) is 35.7 Å². The Morgan fingerprint density at radius 2 is 2.09 bits per heavy atom. The molecule has 6 heteroatoms. The number of carbonyl (C=O) groups is 3. The molecule has 1 heterocycles. The summed E-state index contributed by atoms with van der Waals surface area (Å²) in [5.41, 5.74) is 1.09. The smallest absolute Gasteiger partial charge is 0.326 e. The second-order valence-electron chi connectivity index (χ2n) is 5.34. The van der Waals surface area contributed by atoms with Crippen LogP contribution in [0.5, 0.6) is 5.75 Å². The number of nitrogens with zero attached hydrogens (tertiary/aromatic N) is 1. The zero-order chi connectivity index (χ0) is 16.3. The summed E-state index contributed by atoms with van der Waals surface area (Å²) in [4.78, 5) is 36.4. The largest absolute Gasteiger partial charge is 0.496 e. The van der Waals surface area contributed by atoms with Crippen molar-refractivity contribution in [2.45, 2.75) is 32.2 Å². The number of hydrogen-bond acceptors (Lipinski definition) is 4. The molecule has 118 valence electrons. The van der Waals surface area contributed by atoms with E-state index in [2.05, 4.69) is 0 Å². The quantitative estimate of drug-likeness (QED) is 0.834. The average Bonchev–Trinajstić information content (AvgIpc) is 2.96. The molecule has 0 spiro atoms. The van der Waals surface area contributed by atoms with Crippen molar-refractivity contribution < 1.29 is 24.2 Å². The van der Waals surface area contributed by atoms with Gasteiger partial charge in [-0.2, -0.15) is 0 Å². The molecule has 1 saturated heterocycles. The van der Waals surface area contributed by atoms with E-state index in [9.17, 15) is 14.4 Å². The number of carbonyl (C=O) groups excluding carboxylic acids is 2. The minimum absolute atomic E-state index is 0.0219. The first-order chi connectivity index (χ1) is 10.4. The van der Waals surface area contributed by atoms with Crippen molar-refractivity contribution in [1.82, 2.24) is 4.90 Å². The molecular weight excluding hydrogens is 286 g/mol. The lowest BCUT2D eigenvalue weighted by molar-refractivity contribution is -0.148. The third kappa shape index (κ3) is 3.27. The van der Waals surface area contributed by atoms with Crippen LogP contribution in [0, 0.1) is 0 Å². The maximum absolute atomic E-state index is 12.4. The molecule has 1 N–H and O–H groups in total. The van der Waals surface area contributed by atoms with Crippen LogP contribution in [-0.4, -0.2) is 47.4 Å². The molecule has 1 amide bonds.